The summed E-state index contributed by atoms with van der Waals surface area (Å²) in [6.45, 7) is 5.03. The van der Waals surface area contributed by atoms with Gasteiger partial charge >= 0.3 is 5.97 Å². The Morgan fingerprint density at radius 2 is 1.49 bits per heavy atom. The number of para-hydroxylation sites is 1. The van der Waals surface area contributed by atoms with Crippen molar-refractivity contribution in [3.05, 3.63) is 48.8 Å². The highest BCUT2D eigenvalue weighted by Gasteiger charge is 2.20. The lowest BCUT2D eigenvalue weighted by atomic mass is 10.1. The van der Waals surface area contributed by atoms with E-state index in [2.05, 4.69) is 29.0 Å². The standard InChI is InChI=1S/C33H48N4O3S/c1-3-5-6-7-8-9-10-11-12-13-14-15-16-17-18-22-25-40-33-31-30(36-37(33)28-23-20-19-21-24-28)32(35-27-34-31)41-26-29(38)39-4-2/h11-12,19-21,23-24,27H,3-10,13-18,22,25-26H2,1-2H3. The van der Waals surface area contributed by atoms with Crippen LogP contribution in [0.15, 0.2) is 53.8 Å². The summed E-state index contributed by atoms with van der Waals surface area (Å²) >= 11 is 1.30. The minimum atomic E-state index is -0.275. The van der Waals surface area contributed by atoms with Crippen LogP contribution in [0.3, 0.4) is 0 Å². The van der Waals surface area contributed by atoms with E-state index in [0.717, 1.165) is 18.5 Å². The van der Waals surface area contributed by atoms with Gasteiger partial charge in [-0.15, -0.1) is 0 Å². The molecule has 7 nitrogen and oxygen atoms in total. The molecule has 1 aromatic carbocycles. The molecule has 224 valence electrons. The molecular formula is C33H48N4O3S. The first-order valence-corrected chi connectivity index (χ1v) is 16.6. The van der Waals surface area contributed by atoms with Crippen LogP contribution in [-0.4, -0.2) is 44.7 Å². The van der Waals surface area contributed by atoms with Gasteiger partial charge in [0.05, 0.1) is 24.7 Å². The number of allylic oxidation sites excluding steroid dienone is 2. The second-order valence-corrected chi connectivity index (χ2v) is 11.3. The number of nitrogens with zero attached hydrogens (tertiary/aromatic N) is 4. The van der Waals surface area contributed by atoms with Gasteiger partial charge in [0.1, 0.15) is 16.9 Å². The molecule has 0 aliphatic rings. The molecule has 0 unspecified atom stereocenters. The molecule has 0 saturated heterocycles. The molecule has 0 N–H and O–H groups in total. The summed E-state index contributed by atoms with van der Waals surface area (Å²) in [4.78, 5) is 20.8. The molecule has 0 aliphatic carbocycles. The first kappa shape index (κ1) is 32.6. The number of rotatable bonds is 22. The van der Waals surface area contributed by atoms with E-state index in [4.69, 9.17) is 14.6 Å². The highest BCUT2D eigenvalue weighted by molar-refractivity contribution is 8.00. The van der Waals surface area contributed by atoms with Crippen LogP contribution in [0.1, 0.15) is 104 Å². The van der Waals surface area contributed by atoms with Gasteiger partial charge in [-0.05, 0) is 51.2 Å². The molecule has 0 saturated carbocycles. The lowest BCUT2D eigenvalue weighted by molar-refractivity contribution is -0.139. The fourth-order valence-corrected chi connectivity index (χ4v) is 5.42. The molecule has 8 heteroatoms. The molecule has 3 aromatic rings. The van der Waals surface area contributed by atoms with Crippen LogP contribution in [-0.2, 0) is 9.53 Å². The lowest BCUT2D eigenvalue weighted by Crippen LogP contribution is -2.06. The summed E-state index contributed by atoms with van der Waals surface area (Å²) in [6.07, 6.45) is 24.1. The van der Waals surface area contributed by atoms with E-state index >= 15 is 0 Å². The maximum atomic E-state index is 11.9. The Morgan fingerprint density at radius 1 is 0.829 bits per heavy atom. The van der Waals surface area contributed by atoms with E-state index in [1.54, 1.807) is 11.6 Å². The Hall–Kier alpha value is -2.87. The van der Waals surface area contributed by atoms with Crippen LogP contribution in [0, 0.1) is 0 Å². The number of hydrogen-bond donors (Lipinski definition) is 0. The maximum absolute atomic E-state index is 11.9. The number of aromatic nitrogens is 4. The minimum Gasteiger partial charge on any atom is -0.476 e. The zero-order valence-corrected chi connectivity index (χ0v) is 25.9. The van der Waals surface area contributed by atoms with Gasteiger partial charge in [0.2, 0.25) is 5.88 Å². The quantitative estimate of drug-likeness (QED) is 0.0386. The molecule has 2 heterocycles. The number of carbonyl (C=O) groups excluding carboxylic acids is 1. The van der Waals surface area contributed by atoms with Gasteiger partial charge in [-0.3, -0.25) is 4.79 Å². The summed E-state index contributed by atoms with van der Waals surface area (Å²) in [5.74, 6) is 0.506. The smallest absolute Gasteiger partial charge is 0.316 e. The highest BCUT2D eigenvalue weighted by atomic mass is 32.2. The van der Waals surface area contributed by atoms with Crippen LogP contribution in [0.4, 0.5) is 0 Å². The van der Waals surface area contributed by atoms with Gasteiger partial charge in [0, 0.05) is 0 Å². The number of thioether (sulfide) groups is 1. The van der Waals surface area contributed by atoms with Gasteiger partial charge in [0.15, 0.2) is 5.52 Å². The number of hydrogen-bond acceptors (Lipinski definition) is 7. The fourth-order valence-electron chi connectivity index (χ4n) is 4.68. The second-order valence-electron chi connectivity index (χ2n) is 10.3. The molecule has 41 heavy (non-hydrogen) atoms. The SMILES string of the molecule is CCCCCCCCC=CCCCCCCCCOc1c2ncnc(SCC(=O)OCC)c2nn1-c1ccccc1. The fraction of sp³-hybridized carbons (Fsp3) is 0.576. The van der Waals surface area contributed by atoms with E-state index in [1.165, 1.54) is 95.1 Å². The zero-order chi connectivity index (χ0) is 29.0. The van der Waals surface area contributed by atoms with Crippen LogP contribution >= 0.6 is 11.8 Å². The molecule has 0 amide bonds. The summed E-state index contributed by atoms with van der Waals surface area (Å²) in [6, 6.07) is 9.89. The molecule has 0 spiro atoms. The average molecular weight is 581 g/mol. The van der Waals surface area contributed by atoms with E-state index in [9.17, 15) is 4.79 Å². The number of esters is 1. The van der Waals surface area contributed by atoms with E-state index in [0.29, 0.717) is 35.2 Å². The van der Waals surface area contributed by atoms with Crippen molar-refractivity contribution in [2.75, 3.05) is 19.0 Å². The van der Waals surface area contributed by atoms with Crippen molar-refractivity contribution >= 4 is 28.8 Å². The van der Waals surface area contributed by atoms with E-state index in [-0.39, 0.29) is 11.7 Å². The molecule has 0 radical (unpaired) electrons. The molecule has 0 aliphatic heterocycles. The largest absolute Gasteiger partial charge is 0.476 e. The van der Waals surface area contributed by atoms with Crippen LogP contribution < -0.4 is 4.74 Å². The van der Waals surface area contributed by atoms with Crippen molar-refractivity contribution in [2.24, 2.45) is 0 Å². The van der Waals surface area contributed by atoms with Crippen molar-refractivity contribution in [2.45, 2.75) is 109 Å². The predicted molar refractivity (Wildman–Crippen MR) is 169 cm³/mol. The van der Waals surface area contributed by atoms with Gasteiger partial charge in [-0.1, -0.05) is 107 Å². The summed E-state index contributed by atoms with van der Waals surface area (Å²) in [7, 11) is 0. The molecule has 0 bridgehead atoms. The van der Waals surface area contributed by atoms with Gasteiger partial charge in [0.25, 0.3) is 0 Å². The molecule has 0 fully saturated rings. The number of fused-ring (bicyclic) bond motifs is 1. The lowest BCUT2D eigenvalue weighted by Gasteiger charge is -2.09. The average Bonchev–Trinajstić information content (AvgIpc) is 3.37. The Bertz CT molecular complexity index is 1170. The van der Waals surface area contributed by atoms with Crippen molar-refractivity contribution in [1.29, 1.82) is 0 Å². The van der Waals surface area contributed by atoms with Crippen molar-refractivity contribution in [3.63, 3.8) is 0 Å². The highest BCUT2D eigenvalue weighted by Crippen LogP contribution is 2.32. The first-order chi connectivity index (χ1) is 20.2. The molecule has 0 atom stereocenters. The molecular weight excluding hydrogens is 532 g/mol. The van der Waals surface area contributed by atoms with Crippen molar-refractivity contribution < 1.29 is 14.3 Å². The predicted octanol–water partition coefficient (Wildman–Crippen LogP) is 8.89. The Labute approximate surface area is 250 Å². The summed E-state index contributed by atoms with van der Waals surface area (Å²) in [5.41, 5.74) is 2.17. The molecule has 3 rings (SSSR count). The normalized spacial score (nSPS) is 11.5. The van der Waals surface area contributed by atoms with Crippen molar-refractivity contribution in [1.82, 2.24) is 19.7 Å². The minimum absolute atomic E-state index is 0.170. The monoisotopic (exact) mass is 580 g/mol. The van der Waals surface area contributed by atoms with E-state index < -0.39 is 0 Å². The third-order valence-corrected chi connectivity index (χ3v) is 7.86. The van der Waals surface area contributed by atoms with Gasteiger partial charge in [-0.25, -0.2) is 9.97 Å². The maximum Gasteiger partial charge on any atom is 0.316 e. The Balaban J connectivity index is 1.41. The number of benzene rings is 1. The van der Waals surface area contributed by atoms with E-state index in [1.807, 2.05) is 30.3 Å². The second kappa shape index (κ2) is 20.1. The van der Waals surface area contributed by atoms with Gasteiger partial charge in [-0.2, -0.15) is 9.78 Å². The Kier molecular flexibility index (Phi) is 16.0. The van der Waals surface area contributed by atoms with Crippen LogP contribution in [0.25, 0.3) is 16.7 Å². The van der Waals surface area contributed by atoms with Crippen molar-refractivity contribution in [3.8, 4) is 11.6 Å². The topological polar surface area (TPSA) is 79.1 Å². The first-order valence-electron chi connectivity index (χ1n) is 15.6. The Morgan fingerprint density at radius 3 is 2.17 bits per heavy atom. The third kappa shape index (κ3) is 11.9. The zero-order valence-electron chi connectivity index (χ0n) is 25.1. The summed E-state index contributed by atoms with van der Waals surface area (Å²) < 4.78 is 13.1. The number of unbranched alkanes of at least 4 members (excludes halogenated alkanes) is 12. The number of ether oxygens (including phenoxy) is 2. The van der Waals surface area contributed by atoms with Crippen LogP contribution in [0.2, 0.25) is 0 Å². The number of carbonyl (C=O) groups is 1. The third-order valence-electron chi connectivity index (χ3n) is 6.91. The molecule has 2 aromatic heterocycles. The van der Waals surface area contributed by atoms with Crippen LogP contribution in [0.5, 0.6) is 5.88 Å². The summed E-state index contributed by atoms with van der Waals surface area (Å²) in [5, 5.41) is 5.43. The van der Waals surface area contributed by atoms with Gasteiger partial charge < -0.3 is 9.47 Å².